The van der Waals surface area contributed by atoms with E-state index in [1.54, 1.807) is 0 Å². The summed E-state index contributed by atoms with van der Waals surface area (Å²) in [5.74, 6) is -0.706. The third kappa shape index (κ3) is 4.73. The van der Waals surface area contributed by atoms with E-state index in [2.05, 4.69) is 20.8 Å². The first-order valence-corrected chi connectivity index (χ1v) is 8.97. The van der Waals surface area contributed by atoms with Crippen LogP contribution in [0.15, 0.2) is 54.6 Å². The van der Waals surface area contributed by atoms with Gasteiger partial charge in [0.05, 0.1) is 0 Å². The lowest BCUT2D eigenvalue weighted by Crippen LogP contribution is -2.25. The minimum Gasteiger partial charge on any atom is -0.350 e. The molecule has 1 heterocycles. The van der Waals surface area contributed by atoms with E-state index in [9.17, 15) is 9.59 Å². The van der Waals surface area contributed by atoms with Crippen LogP contribution < -0.4 is 10.6 Å². The summed E-state index contributed by atoms with van der Waals surface area (Å²) in [5.41, 5.74) is 2.92. The summed E-state index contributed by atoms with van der Waals surface area (Å²) in [4.78, 5) is 24.3. The Morgan fingerprint density at radius 3 is 2.27 bits per heavy atom. The van der Waals surface area contributed by atoms with Gasteiger partial charge in [-0.25, -0.2) is 0 Å². The molecule has 2 amide bonds. The molecule has 0 saturated heterocycles. The average molecular weight is 366 g/mol. The van der Waals surface area contributed by atoms with Crippen LogP contribution in [-0.2, 0) is 6.42 Å². The number of aryl methyl sites for hydroxylation is 1. The summed E-state index contributed by atoms with van der Waals surface area (Å²) in [6, 6.07) is 17.3. The summed E-state index contributed by atoms with van der Waals surface area (Å²) in [7, 11) is 0. The van der Waals surface area contributed by atoms with Crippen LogP contribution in [-0.4, -0.2) is 28.6 Å². The Balaban J connectivity index is 1.53. The van der Waals surface area contributed by atoms with Gasteiger partial charge in [-0.2, -0.15) is 0 Å². The fourth-order valence-corrected chi connectivity index (χ4v) is 2.92. The maximum absolute atomic E-state index is 12.2. The highest BCUT2D eigenvalue weighted by Gasteiger charge is 2.17. The molecule has 0 aliphatic heterocycles. The molecule has 0 aliphatic carbocycles. The first-order chi connectivity index (χ1) is 12.6. The van der Waals surface area contributed by atoms with Gasteiger partial charge in [0, 0.05) is 12.2 Å². The van der Waals surface area contributed by atoms with Crippen molar-refractivity contribution in [3.05, 3.63) is 75.7 Å². The zero-order chi connectivity index (χ0) is 18.4. The van der Waals surface area contributed by atoms with Gasteiger partial charge < -0.3 is 10.6 Å². The van der Waals surface area contributed by atoms with Crippen molar-refractivity contribution in [3.8, 4) is 0 Å². The van der Waals surface area contributed by atoms with Crippen molar-refractivity contribution < 1.29 is 9.59 Å². The second-order valence-corrected chi connectivity index (χ2v) is 6.70. The molecule has 0 radical (unpaired) electrons. The Morgan fingerprint density at radius 1 is 0.923 bits per heavy atom. The molecular formula is C19H18N4O2S. The van der Waals surface area contributed by atoms with Crippen LogP contribution in [0.1, 0.15) is 30.7 Å². The highest BCUT2D eigenvalue weighted by atomic mass is 32.1. The molecule has 6 nitrogen and oxygen atoms in total. The van der Waals surface area contributed by atoms with Gasteiger partial charge >= 0.3 is 0 Å². The van der Waals surface area contributed by atoms with Gasteiger partial charge in [0.25, 0.3) is 11.8 Å². The van der Waals surface area contributed by atoms with Crippen molar-refractivity contribution in [1.29, 1.82) is 0 Å². The fraction of sp³-hybridized carbons (Fsp3) is 0.158. The normalized spacial score (nSPS) is 10.3. The molecule has 3 rings (SSSR count). The highest BCUT2D eigenvalue weighted by molar-refractivity contribution is 7.15. The van der Waals surface area contributed by atoms with Crippen LogP contribution in [0.5, 0.6) is 0 Å². The quantitative estimate of drug-likeness (QED) is 0.702. The zero-order valence-corrected chi connectivity index (χ0v) is 15.0. The zero-order valence-electron chi connectivity index (χ0n) is 14.2. The maximum atomic E-state index is 12.2. The van der Waals surface area contributed by atoms with Crippen LogP contribution >= 0.6 is 11.3 Å². The molecule has 0 saturated carbocycles. The van der Waals surface area contributed by atoms with E-state index in [1.807, 2.05) is 61.5 Å². The Hall–Kier alpha value is -3.06. The van der Waals surface area contributed by atoms with Crippen molar-refractivity contribution in [2.45, 2.75) is 13.3 Å². The molecule has 2 aromatic carbocycles. The number of hydrogen-bond acceptors (Lipinski definition) is 5. The number of aromatic nitrogens is 2. The van der Waals surface area contributed by atoms with E-state index in [1.165, 1.54) is 0 Å². The van der Waals surface area contributed by atoms with Crippen LogP contribution in [0, 0.1) is 6.92 Å². The van der Waals surface area contributed by atoms with E-state index in [-0.39, 0.29) is 21.8 Å². The molecule has 7 heteroatoms. The number of rotatable bonds is 6. The molecule has 0 fully saturated rings. The summed E-state index contributed by atoms with van der Waals surface area (Å²) >= 11 is 0.971. The number of anilines is 1. The molecular weight excluding hydrogens is 348 g/mol. The lowest BCUT2D eigenvalue weighted by Gasteiger charge is -2.03. The smallest absolute Gasteiger partial charge is 0.286 e. The third-order valence-electron chi connectivity index (χ3n) is 3.66. The summed E-state index contributed by atoms with van der Waals surface area (Å²) in [6.07, 6.45) is 0.728. The van der Waals surface area contributed by atoms with Gasteiger partial charge in [-0.15, -0.1) is 10.2 Å². The van der Waals surface area contributed by atoms with Gasteiger partial charge in [-0.3, -0.25) is 9.59 Å². The topological polar surface area (TPSA) is 84.0 Å². The molecule has 1 aromatic heterocycles. The van der Waals surface area contributed by atoms with Crippen LogP contribution in [0.4, 0.5) is 5.69 Å². The number of nitrogens with one attached hydrogen (secondary N) is 2. The highest BCUT2D eigenvalue weighted by Crippen LogP contribution is 2.14. The lowest BCUT2D eigenvalue weighted by molar-refractivity contribution is 0.0951. The number of hydrogen-bond donors (Lipinski definition) is 2. The molecule has 0 unspecified atom stereocenters. The molecule has 0 aliphatic rings. The van der Waals surface area contributed by atoms with Crippen molar-refractivity contribution in [2.24, 2.45) is 0 Å². The molecule has 3 aromatic rings. The second kappa shape index (κ2) is 8.35. The lowest BCUT2D eigenvalue weighted by atomic mass is 10.1. The van der Waals surface area contributed by atoms with Crippen molar-refractivity contribution in [3.63, 3.8) is 0 Å². The molecule has 0 spiro atoms. The van der Waals surface area contributed by atoms with Crippen molar-refractivity contribution in [1.82, 2.24) is 15.5 Å². The molecule has 132 valence electrons. The fourth-order valence-electron chi connectivity index (χ4n) is 2.27. The molecule has 2 N–H and O–H groups in total. The van der Waals surface area contributed by atoms with Gasteiger partial charge in [-0.05, 0) is 31.0 Å². The standard InChI is InChI=1S/C19H18N4O2S/c1-13-7-9-15(10-8-13)21-17(25)19-23-22-18(26-19)16(24)20-12-11-14-5-3-2-4-6-14/h2-10H,11-12H2,1H3,(H,20,24)(H,21,25). The minimum atomic E-state index is -0.380. The SMILES string of the molecule is Cc1ccc(NC(=O)c2nnc(C(=O)NCCc3ccccc3)s2)cc1. The van der Waals surface area contributed by atoms with Crippen LogP contribution in [0.25, 0.3) is 0 Å². The third-order valence-corrected chi connectivity index (χ3v) is 4.59. The first-order valence-electron chi connectivity index (χ1n) is 8.15. The Morgan fingerprint density at radius 2 is 1.58 bits per heavy atom. The Labute approximate surface area is 155 Å². The minimum absolute atomic E-state index is 0.152. The van der Waals surface area contributed by atoms with Crippen LogP contribution in [0.3, 0.4) is 0 Å². The van der Waals surface area contributed by atoms with E-state index in [0.717, 1.165) is 28.9 Å². The number of amides is 2. The molecule has 26 heavy (non-hydrogen) atoms. The van der Waals surface area contributed by atoms with E-state index >= 15 is 0 Å². The second-order valence-electron chi connectivity index (χ2n) is 5.72. The maximum Gasteiger partial charge on any atom is 0.286 e. The monoisotopic (exact) mass is 366 g/mol. The van der Waals surface area contributed by atoms with Gasteiger partial charge in [0.15, 0.2) is 0 Å². The first kappa shape index (κ1) is 17.8. The van der Waals surface area contributed by atoms with Gasteiger partial charge in [-0.1, -0.05) is 59.4 Å². The van der Waals surface area contributed by atoms with Crippen molar-refractivity contribution in [2.75, 3.05) is 11.9 Å². The summed E-state index contributed by atoms with van der Waals surface area (Å²) < 4.78 is 0. The predicted molar refractivity (Wildman–Crippen MR) is 102 cm³/mol. The van der Waals surface area contributed by atoms with Crippen LogP contribution in [0.2, 0.25) is 0 Å². The number of carbonyl (C=O) groups excluding carboxylic acids is 2. The predicted octanol–water partition coefficient (Wildman–Crippen LogP) is 3.07. The summed E-state index contributed by atoms with van der Waals surface area (Å²) in [6.45, 7) is 2.46. The number of benzene rings is 2. The largest absolute Gasteiger partial charge is 0.350 e. The number of nitrogens with zero attached hydrogens (tertiary/aromatic N) is 2. The molecule has 0 atom stereocenters. The average Bonchev–Trinajstić information content (AvgIpc) is 3.15. The Bertz CT molecular complexity index is 891. The van der Waals surface area contributed by atoms with Gasteiger partial charge in [0.1, 0.15) is 0 Å². The van der Waals surface area contributed by atoms with E-state index in [4.69, 9.17) is 0 Å². The van der Waals surface area contributed by atoms with Crippen molar-refractivity contribution >= 4 is 28.8 Å². The van der Waals surface area contributed by atoms with E-state index < -0.39 is 0 Å². The van der Waals surface area contributed by atoms with E-state index in [0.29, 0.717) is 12.2 Å². The molecule has 0 bridgehead atoms. The number of carbonyl (C=O) groups is 2. The summed E-state index contributed by atoms with van der Waals surface area (Å²) in [5, 5.41) is 13.5. The Kier molecular flexibility index (Phi) is 5.70. The van der Waals surface area contributed by atoms with Gasteiger partial charge in [0.2, 0.25) is 10.0 Å².